The van der Waals surface area contributed by atoms with E-state index in [1.165, 1.54) is 0 Å². The van der Waals surface area contributed by atoms with Crippen LogP contribution in [0.25, 0.3) is 0 Å². The van der Waals surface area contributed by atoms with Crippen molar-refractivity contribution in [2.24, 2.45) is 0 Å². The van der Waals surface area contributed by atoms with Gasteiger partial charge in [0.1, 0.15) is 0 Å². The second-order valence-electron chi connectivity index (χ2n) is 0.950. The van der Waals surface area contributed by atoms with Gasteiger partial charge in [0.05, 0.1) is 6.61 Å². The number of ether oxygens (including phenoxy) is 1. The van der Waals surface area contributed by atoms with Gasteiger partial charge >= 0.3 is 6.16 Å². The standard InChI is InChI=1S/C3H5O3.C2H5Br/c1-2-6-3(4)5;1-2-3/h2H2,1H3;2H2,1H3. The van der Waals surface area contributed by atoms with Crippen LogP contribution in [-0.2, 0) is 9.84 Å². The lowest BCUT2D eigenvalue weighted by Gasteiger charge is -1.84. The fraction of sp³-hybridized carbons (Fsp3) is 0.800. The van der Waals surface area contributed by atoms with Gasteiger partial charge in [0, 0.05) is 5.33 Å². The number of hydrogen-bond donors (Lipinski definition) is 0. The molecule has 3 nitrogen and oxygen atoms in total. The van der Waals surface area contributed by atoms with Gasteiger partial charge < -0.3 is 4.74 Å². The van der Waals surface area contributed by atoms with E-state index in [2.05, 4.69) is 20.7 Å². The molecule has 9 heavy (non-hydrogen) atoms. The summed E-state index contributed by atoms with van der Waals surface area (Å²) < 4.78 is 3.85. The fourth-order valence-electron chi connectivity index (χ4n) is 0.118. The van der Waals surface area contributed by atoms with E-state index in [4.69, 9.17) is 0 Å². The Morgan fingerprint density at radius 2 is 1.89 bits per heavy atom. The summed E-state index contributed by atoms with van der Waals surface area (Å²) in [5, 5.41) is 10.3. The molecule has 0 fully saturated rings. The molecular weight excluding hydrogens is 188 g/mol. The summed E-state index contributed by atoms with van der Waals surface area (Å²) in [5.74, 6) is 0. The number of hydrogen-bond acceptors (Lipinski definition) is 2. The van der Waals surface area contributed by atoms with Gasteiger partial charge in [-0.2, -0.15) is 9.90 Å². The molecule has 0 aliphatic carbocycles. The zero-order valence-corrected chi connectivity index (χ0v) is 7.10. The molecule has 0 aromatic carbocycles. The van der Waals surface area contributed by atoms with Gasteiger partial charge in [-0.15, -0.1) is 0 Å². The number of alkyl halides is 1. The smallest absolute Gasteiger partial charge is 0.432 e. The number of carbonyl (C=O) groups is 1. The minimum atomic E-state index is -1.46. The topological polar surface area (TPSA) is 46.2 Å². The summed E-state index contributed by atoms with van der Waals surface area (Å²) in [6.45, 7) is 3.79. The van der Waals surface area contributed by atoms with E-state index < -0.39 is 6.16 Å². The third-order valence-electron chi connectivity index (χ3n) is 0.262. The SMILES string of the molecule is CCBr.CCOC([O])=O. The van der Waals surface area contributed by atoms with Gasteiger partial charge in [-0.25, -0.2) is 0 Å². The summed E-state index contributed by atoms with van der Waals surface area (Å²) in [4.78, 5) is 9.27. The Hall–Kier alpha value is -0.250. The maximum atomic E-state index is 9.27. The van der Waals surface area contributed by atoms with Crippen LogP contribution in [0.4, 0.5) is 4.79 Å². The lowest BCUT2D eigenvalue weighted by molar-refractivity contribution is 0.0722. The molecule has 0 saturated carbocycles. The monoisotopic (exact) mass is 197 g/mol. The highest BCUT2D eigenvalue weighted by atomic mass is 79.9. The fourth-order valence-corrected chi connectivity index (χ4v) is 0.118. The number of halogens is 1. The molecule has 0 heterocycles. The maximum absolute atomic E-state index is 9.27. The molecule has 0 amide bonds. The second-order valence-corrected chi connectivity index (χ2v) is 2.07. The highest BCUT2D eigenvalue weighted by Gasteiger charge is 1.91. The van der Waals surface area contributed by atoms with Crippen molar-refractivity contribution in [1.82, 2.24) is 0 Å². The summed E-state index contributed by atoms with van der Waals surface area (Å²) in [6.07, 6.45) is -1.46. The van der Waals surface area contributed by atoms with Gasteiger partial charge in [0.25, 0.3) is 0 Å². The normalized spacial score (nSPS) is 7.00. The van der Waals surface area contributed by atoms with Crippen molar-refractivity contribution >= 4 is 22.1 Å². The lowest BCUT2D eigenvalue weighted by Crippen LogP contribution is -1.95. The predicted octanol–water partition coefficient (Wildman–Crippen LogP) is 1.97. The van der Waals surface area contributed by atoms with Crippen LogP contribution in [0.15, 0.2) is 0 Å². The van der Waals surface area contributed by atoms with Crippen LogP contribution in [0.5, 0.6) is 0 Å². The molecule has 0 N–H and O–H groups in total. The third kappa shape index (κ3) is 33.9. The van der Waals surface area contributed by atoms with Crippen LogP contribution in [-0.4, -0.2) is 18.1 Å². The Morgan fingerprint density at radius 1 is 1.56 bits per heavy atom. The lowest BCUT2D eigenvalue weighted by atomic mass is 10.9. The van der Waals surface area contributed by atoms with Gasteiger partial charge in [-0.05, 0) is 6.92 Å². The molecule has 1 radical (unpaired) electrons. The molecule has 0 unspecified atom stereocenters. The van der Waals surface area contributed by atoms with E-state index in [0.29, 0.717) is 0 Å². The minimum Gasteiger partial charge on any atom is -0.432 e. The Labute approximate surface area is 63.1 Å². The molecule has 4 heteroatoms. The van der Waals surface area contributed by atoms with E-state index in [9.17, 15) is 9.90 Å². The highest BCUT2D eigenvalue weighted by Crippen LogP contribution is 1.71. The molecule has 0 aromatic heterocycles. The molecule has 0 atom stereocenters. The van der Waals surface area contributed by atoms with Crippen molar-refractivity contribution in [3.63, 3.8) is 0 Å². The van der Waals surface area contributed by atoms with Crippen LogP contribution < -0.4 is 0 Å². The first-order chi connectivity index (χ1) is 4.18. The van der Waals surface area contributed by atoms with E-state index >= 15 is 0 Å². The van der Waals surface area contributed by atoms with Crippen molar-refractivity contribution in [2.45, 2.75) is 13.8 Å². The molecule has 0 bridgehead atoms. The largest absolute Gasteiger partial charge is 0.549 e. The van der Waals surface area contributed by atoms with Crippen molar-refractivity contribution in [3.8, 4) is 0 Å². The predicted molar refractivity (Wildman–Crippen MR) is 37.2 cm³/mol. The van der Waals surface area contributed by atoms with Crippen molar-refractivity contribution < 1.29 is 14.6 Å². The summed E-state index contributed by atoms with van der Waals surface area (Å²) >= 11 is 3.15. The first kappa shape index (κ1) is 11.5. The van der Waals surface area contributed by atoms with Crippen molar-refractivity contribution in [1.29, 1.82) is 0 Å². The number of rotatable bonds is 1. The van der Waals surface area contributed by atoms with Gasteiger partial charge in [0.2, 0.25) is 0 Å². The Balaban J connectivity index is 0. The van der Waals surface area contributed by atoms with Crippen LogP contribution in [0.1, 0.15) is 13.8 Å². The minimum absolute atomic E-state index is 0.169. The van der Waals surface area contributed by atoms with Crippen LogP contribution in [0, 0.1) is 0 Å². The quantitative estimate of drug-likeness (QED) is 0.477. The first-order valence-electron chi connectivity index (χ1n) is 2.58. The van der Waals surface area contributed by atoms with Gasteiger partial charge in [-0.3, -0.25) is 0 Å². The molecule has 0 spiro atoms. The molecule has 0 aliphatic rings. The van der Waals surface area contributed by atoms with Crippen LogP contribution in [0.3, 0.4) is 0 Å². The average Bonchev–Trinajstić information content (AvgIpc) is 1.67. The second kappa shape index (κ2) is 10.7. The van der Waals surface area contributed by atoms with Crippen molar-refractivity contribution in [3.05, 3.63) is 0 Å². The molecule has 0 rings (SSSR count). The Kier molecular flexibility index (Phi) is 13.7. The summed E-state index contributed by atoms with van der Waals surface area (Å²) in [5.41, 5.74) is 0. The molecular formula is C5H10BrO3. The van der Waals surface area contributed by atoms with Crippen LogP contribution >= 0.6 is 15.9 Å². The van der Waals surface area contributed by atoms with Gasteiger partial charge in [-0.1, -0.05) is 22.9 Å². The van der Waals surface area contributed by atoms with E-state index in [0.717, 1.165) is 5.33 Å². The van der Waals surface area contributed by atoms with Crippen LogP contribution in [0.2, 0.25) is 0 Å². The molecule has 0 saturated heterocycles. The highest BCUT2D eigenvalue weighted by molar-refractivity contribution is 9.09. The zero-order chi connectivity index (χ0) is 7.70. The van der Waals surface area contributed by atoms with Gasteiger partial charge in [0.15, 0.2) is 0 Å². The van der Waals surface area contributed by atoms with E-state index in [1.807, 2.05) is 6.92 Å². The molecule has 0 aliphatic heterocycles. The maximum Gasteiger partial charge on any atom is 0.549 e. The van der Waals surface area contributed by atoms with E-state index in [-0.39, 0.29) is 6.61 Å². The Morgan fingerprint density at radius 3 is 1.89 bits per heavy atom. The van der Waals surface area contributed by atoms with E-state index in [1.54, 1.807) is 6.92 Å². The number of carbonyl (C=O) groups excluding carboxylic acids is 1. The summed E-state index contributed by atoms with van der Waals surface area (Å²) in [6, 6.07) is 0. The third-order valence-corrected chi connectivity index (χ3v) is 0.262. The Bertz CT molecular complexity index is 65.2. The zero-order valence-electron chi connectivity index (χ0n) is 5.52. The summed E-state index contributed by atoms with van der Waals surface area (Å²) in [7, 11) is 0. The van der Waals surface area contributed by atoms with Crippen molar-refractivity contribution in [2.75, 3.05) is 11.9 Å². The molecule has 0 aromatic rings. The first-order valence-corrected chi connectivity index (χ1v) is 3.70. The average molecular weight is 198 g/mol. The molecule has 55 valence electrons.